The van der Waals surface area contributed by atoms with Gasteiger partial charge < -0.3 is 5.32 Å². The number of benzene rings is 1. The molecule has 0 fully saturated rings. The largest absolute Gasteiger partial charge is 0.310 e. The highest BCUT2D eigenvalue weighted by atomic mass is 79.9. The van der Waals surface area contributed by atoms with Crippen molar-refractivity contribution in [3.05, 3.63) is 33.8 Å². The zero-order valence-electron chi connectivity index (χ0n) is 10.7. The highest BCUT2D eigenvalue weighted by molar-refractivity contribution is 9.10. The minimum Gasteiger partial charge on any atom is -0.310 e. The molecule has 0 aromatic heterocycles. The molecule has 0 bridgehead atoms. The van der Waals surface area contributed by atoms with Crippen molar-refractivity contribution < 1.29 is 0 Å². The Balaban J connectivity index is 2.48. The highest BCUT2D eigenvalue weighted by Crippen LogP contribution is 2.18. The molecule has 0 saturated carbocycles. The SMILES string of the molecule is Cc1ccc(CNC(C)CC(C)C)c(Br)c1. The van der Waals surface area contributed by atoms with Gasteiger partial charge in [0.2, 0.25) is 0 Å². The van der Waals surface area contributed by atoms with Crippen LogP contribution < -0.4 is 5.32 Å². The Kier molecular flexibility index (Phi) is 5.50. The minimum absolute atomic E-state index is 0.577. The number of aryl methyl sites for hydroxylation is 1. The molecule has 16 heavy (non-hydrogen) atoms. The molecular weight excluding hydrogens is 262 g/mol. The lowest BCUT2D eigenvalue weighted by Gasteiger charge is -2.16. The molecular formula is C14H22BrN. The first kappa shape index (κ1) is 13.7. The molecule has 0 aliphatic carbocycles. The second kappa shape index (κ2) is 6.41. The Morgan fingerprint density at radius 2 is 1.94 bits per heavy atom. The van der Waals surface area contributed by atoms with Crippen molar-refractivity contribution in [2.24, 2.45) is 5.92 Å². The molecule has 0 radical (unpaired) electrons. The lowest BCUT2D eigenvalue weighted by Crippen LogP contribution is -2.26. The third kappa shape index (κ3) is 4.67. The number of hydrogen-bond donors (Lipinski definition) is 1. The van der Waals surface area contributed by atoms with Crippen molar-refractivity contribution in [2.75, 3.05) is 0 Å². The Hall–Kier alpha value is -0.340. The Morgan fingerprint density at radius 1 is 1.25 bits per heavy atom. The van der Waals surface area contributed by atoms with Gasteiger partial charge in [-0.1, -0.05) is 41.9 Å². The Morgan fingerprint density at radius 3 is 2.50 bits per heavy atom. The summed E-state index contributed by atoms with van der Waals surface area (Å²) in [5, 5.41) is 3.56. The van der Waals surface area contributed by atoms with Gasteiger partial charge in [-0.3, -0.25) is 0 Å². The summed E-state index contributed by atoms with van der Waals surface area (Å²) in [6.45, 7) is 9.83. The van der Waals surface area contributed by atoms with E-state index in [0.29, 0.717) is 6.04 Å². The van der Waals surface area contributed by atoms with Crippen LogP contribution in [0.3, 0.4) is 0 Å². The molecule has 0 saturated heterocycles. The van der Waals surface area contributed by atoms with Crippen LogP contribution >= 0.6 is 15.9 Å². The summed E-state index contributed by atoms with van der Waals surface area (Å²) in [5.41, 5.74) is 2.63. The molecule has 0 heterocycles. The Bertz CT molecular complexity index is 334. The minimum atomic E-state index is 0.577. The molecule has 0 aliphatic rings. The van der Waals surface area contributed by atoms with Crippen LogP contribution in [-0.4, -0.2) is 6.04 Å². The third-order valence-electron chi connectivity index (χ3n) is 2.67. The zero-order valence-corrected chi connectivity index (χ0v) is 12.3. The summed E-state index contributed by atoms with van der Waals surface area (Å²) in [7, 11) is 0. The average molecular weight is 284 g/mol. The van der Waals surface area contributed by atoms with Crippen molar-refractivity contribution in [1.29, 1.82) is 0 Å². The zero-order chi connectivity index (χ0) is 12.1. The van der Waals surface area contributed by atoms with Gasteiger partial charge in [-0.05, 0) is 43.4 Å². The van der Waals surface area contributed by atoms with Gasteiger partial charge in [0, 0.05) is 17.1 Å². The maximum atomic E-state index is 3.61. The number of nitrogens with one attached hydrogen (secondary N) is 1. The lowest BCUT2D eigenvalue weighted by atomic mass is 10.0. The van der Waals surface area contributed by atoms with Gasteiger partial charge in [0.25, 0.3) is 0 Å². The van der Waals surface area contributed by atoms with Crippen LogP contribution in [0.4, 0.5) is 0 Å². The van der Waals surface area contributed by atoms with E-state index in [1.54, 1.807) is 0 Å². The summed E-state index contributed by atoms with van der Waals surface area (Å²) in [6.07, 6.45) is 1.23. The van der Waals surface area contributed by atoms with Crippen LogP contribution in [0.1, 0.15) is 38.3 Å². The second-order valence-electron chi connectivity index (χ2n) is 5.01. The quantitative estimate of drug-likeness (QED) is 0.851. The summed E-state index contributed by atoms with van der Waals surface area (Å²) >= 11 is 3.61. The van der Waals surface area contributed by atoms with E-state index in [2.05, 4.69) is 67.1 Å². The molecule has 90 valence electrons. The van der Waals surface area contributed by atoms with Crippen LogP contribution in [0, 0.1) is 12.8 Å². The molecule has 0 aliphatic heterocycles. The van der Waals surface area contributed by atoms with E-state index in [-0.39, 0.29) is 0 Å². The second-order valence-corrected chi connectivity index (χ2v) is 5.86. The normalized spacial score (nSPS) is 13.1. The lowest BCUT2D eigenvalue weighted by molar-refractivity contribution is 0.441. The molecule has 1 rings (SSSR count). The summed E-state index contributed by atoms with van der Waals surface area (Å²) in [4.78, 5) is 0. The van der Waals surface area contributed by atoms with Gasteiger partial charge in [-0.2, -0.15) is 0 Å². The van der Waals surface area contributed by atoms with E-state index in [9.17, 15) is 0 Å². The molecule has 1 atom stereocenters. The molecule has 1 N–H and O–H groups in total. The summed E-state index contributed by atoms with van der Waals surface area (Å²) in [5.74, 6) is 0.754. The van der Waals surface area contributed by atoms with Crippen molar-refractivity contribution in [3.63, 3.8) is 0 Å². The summed E-state index contributed by atoms with van der Waals surface area (Å²) in [6, 6.07) is 7.10. The first-order chi connectivity index (χ1) is 7.49. The van der Waals surface area contributed by atoms with Crippen molar-refractivity contribution in [2.45, 2.75) is 46.7 Å². The van der Waals surface area contributed by atoms with Gasteiger partial charge in [-0.15, -0.1) is 0 Å². The van der Waals surface area contributed by atoms with Gasteiger partial charge in [-0.25, -0.2) is 0 Å². The third-order valence-corrected chi connectivity index (χ3v) is 3.41. The predicted octanol–water partition coefficient (Wildman–Crippen LogP) is 4.28. The molecule has 1 aromatic rings. The van der Waals surface area contributed by atoms with Gasteiger partial charge in [0.05, 0.1) is 0 Å². The first-order valence-electron chi connectivity index (χ1n) is 5.97. The average Bonchev–Trinajstić information content (AvgIpc) is 2.15. The van der Waals surface area contributed by atoms with E-state index in [1.807, 2.05) is 0 Å². The predicted molar refractivity (Wildman–Crippen MR) is 74.6 cm³/mol. The standard InChI is InChI=1S/C14H22BrN/c1-10(2)7-12(4)16-9-13-6-5-11(3)8-14(13)15/h5-6,8,10,12,16H,7,9H2,1-4H3. The molecule has 1 unspecified atom stereocenters. The van der Waals surface area contributed by atoms with Gasteiger partial charge in [0.1, 0.15) is 0 Å². The molecule has 1 nitrogen and oxygen atoms in total. The fraction of sp³-hybridized carbons (Fsp3) is 0.571. The van der Waals surface area contributed by atoms with Crippen molar-refractivity contribution >= 4 is 15.9 Å². The van der Waals surface area contributed by atoms with E-state index in [4.69, 9.17) is 0 Å². The fourth-order valence-electron chi connectivity index (χ4n) is 1.87. The highest BCUT2D eigenvalue weighted by Gasteiger charge is 2.05. The van der Waals surface area contributed by atoms with Crippen LogP contribution in [0.5, 0.6) is 0 Å². The smallest absolute Gasteiger partial charge is 0.0222 e. The summed E-state index contributed by atoms with van der Waals surface area (Å²) < 4.78 is 1.21. The van der Waals surface area contributed by atoms with E-state index < -0.39 is 0 Å². The van der Waals surface area contributed by atoms with Crippen LogP contribution in [0.15, 0.2) is 22.7 Å². The Labute approximate surface area is 108 Å². The van der Waals surface area contributed by atoms with Gasteiger partial charge >= 0.3 is 0 Å². The van der Waals surface area contributed by atoms with Crippen LogP contribution in [-0.2, 0) is 6.54 Å². The van der Waals surface area contributed by atoms with Gasteiger partial charge in [0.15, 0.2) is 0 Å². The molecule has 0 spiro atoms. The number of hydrogen-bond acceptors (Lipinski definition) is 1. The molecule has 1 aromatic carbocycles. The van der Waals surface area contributed by atoms with Crippen molar-refractivity contribution in [1.82, 2.24) is 5.32 Å². The molecule has 0 amide bonds. The topological polar surface area (TPSA) is 12.0 Å². The monoisotopic (exact) mass is 283 g/mol. The number of halogens is 1. The maximum Gasteiger partial charge on any atom is 0.0222 e. The molecule has 2 heteroatoms. The van der Waals surface area contributed by atoms with Crippen molar-refractivity contribution in [3.8, 4) is 0 Å². The first-order valence-corrected chi connectivity index (χ1v) is 6.76. The van der Waals surface area contributed by atoms with E-state index in [1.165, 1.54) is 22.0 Å². The van der Waals surface area contributed by atoms with Crippen LogP contribution in [0.2, 0.25) is 0 Å². The fourth-order valence-corrected chi connectivity index (χ4v) is 2.50. The van der Waals surface area contributed by atoms with E-state index in [0.717, 1.165) is 12.5 Å². The maximum absolute atomic E-state index is 3.61. The van der Waals surface area contributed by atoms with Crippen LogP contribution in [0.25, 0.3) is 0 Å². The van der Waals surface area contributed by atoms with E-state index >= 15 is 0 Å². The number of rotatable bonds is 5.